The van der Waals surface area contributed by atoms with E-state index >= 15 is 0 Å². The van der Waals surface area contributed by atoms with Crippen LogP contribution in [-0.4, -0.2) is 71.4 Å². The van der Waals surface area contributed by atoms with Crippen LogP contribution in [0.15, 0.2) is 90.1 Å². The maximum Gasteiger partial charge on any atom is 0.294 e. The van der Waals surface area contributed by atoms with Crippen LogP contribution in [-0.2, 0) is 10.0 Å². The number of hydrogen-bond acceptors (Lipinski definition) is 9. The highest BCUT2D eigenvalue weighted by Gasteiger charge is 2.24. The molecule has 3 aromatic carbocycles. The average molecular weight is 625 g/mol. The molecule has 12 nitrogen and oxygen atoms in total. The molecule has 6 rings (SSSR count). The van der Waals surface area contributed by atoms with Crippen molar-refractivity contribution >= 4 is 55.0 Å². The van der Waals surface area contributed by atoms with E-state index in [0.29, 0.717) is 29.0 Å². The van der Waals surface area contributed by atoms with Gasteiger partial charge in [0.05, 0.1) is 15.5 Å². The number of rotatable bonds is 10. The summed E-state index contributed by atoms with van der Waals surface area (Å²) in [6, 6.07) is 20.9. The lowest BCUT2D eigenvalue weighted by Crippen LogP contribution is -2.28. The Kier molecular flexibility index (Phi) is 7.73. The van der Waals surface area contributed by atoms with E-state index in [0.717, 1.165) is 32.5 Å². The Balaban J connectivity index is 1.49. The van der Waals surface area contributed by atoms with Gasteiger partial charge in [-0.25, -0.2) is 17.4 Å². The first-order valence-corrected chi connectivity index (χ1v) is 15.7. The molecule has 0 atom stereocenters. The predicted molar refractivity (Wildman–Crippen MR) is 177 cm³/mol. The lowest BCUT2D eigenvalue weighted by Gasteiger charge is -2.21. The Morgan fingerprint density at radius 3 is 2.44 bits per heavy atom. The summed E-state index contributed by atoms with van der Waals surface area (Å²) >= 11 is 0. The smallest absolute Gasteiger partial charge is 0.294 e. The van der Waals surface area contributed by atoms with Gasteiger partial charge in [-0.2, -0.15) is 4.98 Å². The summed E-state index contributed by atoms with van der Waals surface area (Å²) in [5.41, 5.74) is 4.04. The van der Waals surface area contributed by atoms with Gasteiger partial charge in [-0.15, -0.1) is 0 Å². The van der Waals surface area contributed by atoms with Crippen LogP contribution in [0.5, 0.6) is 0 Å². The fourth-order valence-electron chi connectivity index (χ4n) is 5.21. The van der Waals surface area contributed by atoms with Crippen LogP contribution in [0.4, 0.5) is 23.0 Å². The predicted octanol–water partition coefficient (Wildman–Crippen LogP) is 5.77. The van der Waals surface area contributed by atoms with Gasteiger partial charge < -0.3 is 20.1 Å². The van der Waals surface area contributed by atoms with Gasteiger partial charge in [0, 0.05) is 66.1 Å². The molecule has 3 heterocycles. The summed E-state index contributed by atoms with van der Waals surface area (Å²) in [4.78, 5) is 28.3. The third-order valence-electron chi connectivity index (χ3n) is 7.66. The van der Waals surface area contributed by atoms with Gasteiger partial charge in [-0.3, -0.25) is 10.1 Å². The molecule has 0 aliphatic carbocycles. The first-order chi connectivity index (χ1) is 21.5. The normalized spacial score (nSPS) is 11.8. The van der Waals surface area contributed by atoms with E-state index in [2.05, 4.69) is 15.3 Å². The van der Waals surface area contributed by atoms with E-state index in [1.165, 1.54) is 12.3 Å². The molecule has 0 aliphatic rings. The topological polar surface area (TPSA) is 142 Å². The van der Waals surface area contributed by atoms with E-state index in [4.69, 9.17) is 4.98 Å². The van der Waals surface area contributed by atoms with Gasteiger partial charge in [-0.05, 0) is 57.4 Å². The summed E-state index contributed by atoms with van der Waals surface area (Å²) in [5.74, 6) is 0.0878. The summed E-state index contributed by atoms with van der Waals surface area (Å²) < 4.78 is 28.8. The van der Waals surface area contributed by atoms with Crippen LogP contribution in [0.3, 0.4) is 0 Å². The Bertz CT molecular complexity index is 2150. The minimum atomic E-state index is -4.01. The molecule has 0 spiro atoms. The van der Waals surface area contributed by atoms with Crippen LogP contribution >= 0.6 is 0 Å². The lowest BCUT2D eigenvalue weighted by atomic mass is 10.1. The molecule has 45 heavy (non-hydrogen) atoms. The van der Waals surface area contributed by atoms with Crippen molar-refractivity contribution in [3.05, 3.63) is 101 Å². The Morgan fingerprint density at radius 1 is 0.956 bits per heavy atom. The number of nitro groups is 1. The van der Waals surface area contributed by atoms with Gasteiger partial charge in [0.25, 0.3) is 15.7 Å². The highest BCUT2D eigenvalue weighted by molar-refractivity contribution is 7.90. The number of H-pyrrole nitrogens is 1. The third-order valence-corrected chi connectivity index (χ3v) is 9.34. The van der Waals surface area contributed by atoms with Crippen molar-refractivity contribution in [1.29, 1.82) is 0 Å². The van der Waals surface area contributed by atoms with E-state index < -0.39 is 14.9 Å². The molecule has 0 radical (unpaired) electrons. The number of nitrogens with one attached hydrogen (secondary N) is 2. The van der Waals surface area contributed by atoms with Crippen LogP contribution in [0.1, 0.15) is 5.56 Å². The van der Waals surface area contributed by atoms with Gasteiger partial charge in [0.15, 0.2) is 5.65 Å². The molecule has 230 valence electrons. The number of aromatic nitrogens is 4. The molecular formula is C32H32N8O4S. The monoisotopic (exact) mass is 624 g/mol. The number of fused-ring (bicyclic) bond motifs is 2. The molecule has 0 bridgehead atoms. The number of nitrogens with zero attached hydrogens (tertiary/aromatic N) is 6. The van der Waals surface area contributed by atoms with E-state index in [-0.39, 0.29) is 22.2 Å². The maximum absolute atomic E-state index is 13.8. The van der Waals surface area contributed by atoms with Gasteiger partial charge in [-0.1, -0.05) is 35.9 Å². The van der Waals surface area contributed by atoms with Gasteiger partial charge in [0.1, 0.15) is 5.69 Å². The zero-order chi connectivity index (χ0) is 31.9. The molecule has 0 saturated carbocycles. The van der Waals surface area contributed by atoms with E-state index in [1.807, 2.05) is 68.3 Å². The Morgan fingerprint density at radius 2 is 1.71 bits per heavy atom. The zero-order valence-corrected chi connectivity index (χ0v) is 26.0. The number of aromatic amines is 1. The number of hydrogen-bond donors (Lipinski definition) is 2. The highest BCUT2D eigenvalue weighted by Crippen LogP contribution is 2.36. The van der Waals surface area contributed by atoms with Crippen molar-refractivity contribution in [1.82, 2.24) is 23.8 Å². The largest absolute Gasteiger partial charge is 0.368 e. The minimum Gasteiger partial charge on any atom is -0.368 e. The number of likely N-dealkylation sites (N-methyl/N-ethyl adjacent to an activating group) is 2. The van der Waals surface area contributed by atoms with Crippen molar-refractivity contribution in [3.63, 3.8) is 0 Å². The fourth-order valence-corrected chi connectivity index (χ4v) is 6.50. The molecule has 0 unspecified atom stereocenters. The van der Waals surface area contributed by atoms with Crippen molar-refractivity contribution in [3.8, 4) is 11.3 Å². The van der Waals surface area contributed by atoms with Crippen molar-refractivity contribution in [2.24, 2.45) is 0 Å². The minimum absolute atomic E-state index is 0.0792. The summed E-state index contributed by atoms with van der Waals surface area (Å²) in [7, 11) is 1.69. The zero-order valence-electron chi connectivity index (χ0n) is 25.2. The summed E-state index contributed by atoms with van der Waals surface area (Å²) in [6.07, 6.45) is 3.30. The highest BCUT2D eigenvalue weighted by atomic mass is 32.2. The second kappa shape index (κ2) is 11.7. The molecule has 13 heteroatoms. The molecule has 0 saturated heterocycles. The summed E-state index contributed by atoms with van der Waals surface area (Å²) in [6.45, 7) is 3.21. The number of anilines is 3. The molecule has 0 fully saturated rings. The fraction of sp³-hybridized carbons (Fsp3) is 0.188. The number of nitro benzene ring substituents is 1. The quantitative estimate of drug-likeness (QED) is 0.143. The second-order valence-corrected chi connectivity index (χ2v) is 12.9. The summed E-state index contributed by atoms with van der Waals surface area (Å²) in [5, 5.41) is 16.6. The second-order valence-electron chi connectivity index (χ2n) is 11.1. The van der Waals surface area contributed by atoms with Crippen molar-refractivity contribution in [2.45, 2.75) is 11.8 Å². The van der Waals surface area contributed by atoms with Crippen LogP contribution in [0.2, 0.25) is 0 Å². The molecule has 6 aromatic rings. The van der Waals surface area contributed by atoms with Crippen molar-refractivity contribution < 1.29 is 13.3 Å². The van der Waals surface area contributed by atoms with Crippen LogP contribution in [0.25, 0.3) is 33.2 Å². The van der Waals surface area contributed by atoms with Gasteiger partial charge in [0.2, 0.25) is 5.95 Å². The van der Waals surface area contributed by atoms with Crippen molar-refractivity contribution in [2.75, 3.05) is 44.4 Å². The molecule has 3 aromatic heterocycles. The standard InChI is InChI=1S/C32H32N8O4S/c1-21-9-12-23(13-10-21)45(43,44)39-16-15-25-30(26-20-33-27-8-6-5-7-24(26)27)35-32(36-31(25)39)34-22-11-14-28(29(19-22)40(41)42)38(4)18-17-37(2)3/h5-16,19-20,33H,17-18H2,1-4H3,(H,34,35,36). The first-order valence-electron chi connectivity index (χ1n) is 14.2. The maximum atomic E-state index is 13.8. The number of aryl methyl sites for hydroxylation is 1. The first kappa shape index (κ1) is 29.8. The van der Waals surface area contributed by atoms with Crippen LogP contribution in [0, 0.1) is 17.0 Å². The number of benzene rings is 3. The van der Waals surface area contributed by atoms with Gasteiger partial charge >= 0.3 is 0 Å². The van der Waals surface area contributed by atoms with E-state index in [9.17, 15) is 18.5 Å². The SMILES string of the molecule is Cc1ccc(S(=O)(=O)n2ccc3c(-c4c[nH]c5ccccc45)nc(Nc4ccc(N(C)CCN(C)C)c([N+](=O)[O-])c4)nc32)cc1. The lowest BCUT2D eigenvalue weighted by molar-refractivity contribution is -0.384. The van der Waals surface area contributed by atoms with Crippen LogP contribution < -0.4 is 10.2 Å². The van der Waals surface area contributed by atoms with E-state index in [1.54, 1.807) is 42.5 Å². The molecule has 0 amide bonds. The number of para-hydroxylation sites is 1. The molecular weight excluding hydrogens is 592 g/mol. The Labute approximate surface area is 260 Å². The molecule has 0 aliphatic heterocycles. The average Bonchev–Trinajstić information content (AvgIpc) is 3.65. The third kappa shape index (κ3) is 5.70. The Hall–Kier alpha value is -5.27. The molecule has 2 N–H and O–H groups in total.